The number of carbonyl (C=O) groups is 2. The summed E-state index contributed by atoms with van der Waals surface area (Å²) in [5.74, 6) is -5.46. The zero-order chi connectivity index (χ0) is 12.2. The zero-order valence-electron chi connectivity index (χ0n) is 9.17. The maximum atomic E-state index is 11.3. The Morgan fingerprint density at radius 3 is 1.71 bits per heavy atom. The predicted octanol–water partition coefficient (Wildman–Crippen LogP) is 0.171. The smallest absolute Gasteiger partial charge is 0.307 e. The molecule has 2 saturated carbocycles. The van der Waals surface area contributed by atoms with Crippen LogP contribution in [-0.2, 0) is 19.1 Å². The largest absolute Gasteiger partial charge is 0.481 e. The van der Waals surface area contributed by atoms with Crippen LogP contribution < -0.4 is 0 Å². The van der Waals surface area contributed by atoms with E-state index in [2.05, 4.69) is 0 Å². The topological polar surface area (TPSA) is 93.1 Å². The molecular formula is C11H14O6. The van der Waals surface area contributed by atoms with Crippen LogP contribution in [0.1, 0.15) is 12.8 Å². The van der Waals surface area contributed by atoms with Crippen molar-refractivity contribution in [2.24, 2.45) is 23.7 Å². The molecule has 6 nitrogen and oxygen atoms in total. The van der Waals surface area contributed by atoms with Gasteiger partial charge in [0.15, 0.2) is 5.79 Å². The molecule has 0 amide bonds. The fourth-order valence-corrected chi connectivity index (χ4v) is 3.92. The second-order valence-electron chi connectivity index (χ2n) is 4.94. The van der Waals surface area contributed by atoms with Gasteiger partial charge in [-0.05, 0) is 12.8 Å². The number of aliphatic carboxylic acids is 2. The van der Waals surface area contributed by atoms with Crippen LogP contribution in [0, 0.1) is 23.7 Å². The van der Waals surface area contributed by atoms with Gasteiger partial charge in [-0.3, -0.25) is 9.59 Å². The second kappa shape index (κ2) is 3.43. The van der Waals surface area contributed by atoms with E-state index in [1.54, 1.807) is 0 Å². The van der Waals surface area contributed by atoms with Gasteiger partial charge in [-0.2, -0.15) is 0 Å². The van der Waals surface area contributed by atoms with Crippen LogP contribution in [0.3, 0.4) is 0 Å². The van der Waals surface area contributed by atoms with E-state index in [-0.39, 0.29) is 11.8 Å². The fraction of sp³-hybridized carbons (Fsp3) is 0.818. The van der Waals surface area contributed by atoms with Gasteiger partial charge in [-0.1, -0.05) is 0 Å². The van der Waals surface area contributed by atoms with Crippen LogP contribution in [0.15, 0.2) is 0 Å². The fourth-order valence-electron chi connectivity index (χ4n) is 3.92. The van der Waals surface area contributed by atoms with Gasteiger partial charge in [-0.15, -0.1) is 0 Å². The average Bonchev–Trinajstić information content (AvgIpc) is 2.94. The normalized spacial score (nSPS) is 42.1. The standard InChI is InChI=1S/C11H14O6/c12-9(13)7-5-1-2-6(8(7)10(14)15)11(5)16-3-4-17-11/h5-8H,1-4H2,(H,12,13)(H,14,15)/t5-,6+,7-,8+. The van der Waals surface area contributed by atoms with E-state index in [0.29, 0.717) is 26.1 Å². The van der Waals surface area contributed by atoms with Gasteiger partial charge < -0.3 is 19.7 Å². The van der Waals surface area contributed by atoms with Crippen LogP contribution >= 0.6 is 0 Å². The van der Waals surface area contributed by atoms with Gasteiger partial charge in [0.1, 0.15) is 0 Å². The van der Waals surface area contributed by atoms with Crippen LogP contribution in [-0.4, -0.2) is 41.2 Å². The molecule has 0 unspecified atom stereocenters. The summed E-state index contributed by atoms with van der Waals surface area (Å²) in [6, 6.07) is 0. The van der Waals surface area contributed by atoms with Crippen LogP contribution in [0.4, 0.5) is 0 Å². The van der Waals surface area contributed by atoms with Gasteiger partial charge in [0.05, 0.1) is 25.0 Å². The number of rotatable bonds is 2. The Labute approximate surface area is 97.5 Å². The van der Waals surface area contributed by atoms with Gasteiger partial charge in [-0.25, -0.2) is 0 Å². The van der Waals surface area contributed by atoms with Gasteiger partial charge in [0.25, 0.3) is 0 Å². The molecule has 3 aliphatic rings. The molecule has 94 valence electrons. The first-order chi connectivity index (χ1) is 8.08. The first-order valence-corrected chi connectivity index (χ1v) is 5.81. The molecular weight excluding hydrogens is 228 g/mol. The molecule has 0 aromatic heterocycles. The maximum Gasteiger partial charge on any atom is 0.307 e. The Balaban J connectivity index is 2.02. The van der Waals surface area contributed by atoms with Gasteiger partial charge in [0, 0.05) is 11.8 Å². The molecule has 0 aromatic rings. The van der Waals surface area contributed by atoms with Crippen LogP contribution in [0.5, 0.6) is 0 Å². The molecule has 1 aliphatic heterocycles. The molecule has 3 fully saturated rings. The van der Waals surface area contributed by atoms with Crippen molar-refractivity contribution in [2.75, 3.05) is 13.2 Å². The Kier molecular flexibility index (Phi) is 2.21. The van der Waals surface area contributed by atoms with Crippen molar-refractivity contribution in [2.45, 2.75) is 18.6 Å². The molecule has 2 bridgehead atoms. The number of hydrogen-bond donors (Lipinski definition) is 2. The first-order valence-electron chi connectivity index (χ1n) is 5.81. The van der Waals surface area contributed by atoms with Crippen molar-refractivity contribution in [3.8, 4) is 0 Å². The lowest BCUT2D eigenvalue weighted by Crippen LogP contribution is -2.37. The Morgan fingerprint density at radius 1 is 0.941 bits per heavy atom. The average molecular weight is 242 g/mol. The van der Waals surface area contributed by atoms with E-state index in [9.17, 15) is 19.8 Å². The monoisotopic (exact) mass is 242 g/mol. The summed E-state index contributed by atoms with van der Waals surface area (Å²) >= 11 is 0. The summed E-state index contributed by atoms with van der Waals surface area (Å²) in [4.78, 5) is 22.5. The van der Waals surface area contributed by atoms with E-state index in [1.807, 2.05) is 0 Å². The summed E-state index contributed by atoms with van der Waals surface area (Å²) in [6.07, 6.45) is 1.34. The Hall–Kier alpha value is -1.14. The minimum absolute atomic E-state index is 0.325. The first kappa shape index (κ1) is 11.0. The quantitative estimate of drug-likeness (QED) is 0.717. The second-order valence-corrected chi connectivity index (χ2v) is 4.94. The lowest BCUT2D eigenvalue weighted by atomic mass is 9.79. The summed E-state index contributed by atoms with van der Waals surface area (Å²) in [7, 11) is 0. The zero-order valence-corrected chi connectivity index (χ0v) is 9.17. The molecule has 0 radical (unpaired) electrons. The van der Waals surface area contributed by atoms with Crippen molar-refractivity contribution in [3.05, 3.63) is 0 Å². The molecule has 1 heterocycles. The summed E-state index contributed by atoms with van der Waals surface area (Å²) in [5, 5.41) is 18.4. The number of hydrogen-bond acceptors (Lipinski definition) is 4. The van der Waals surface area contributed by atoms with Crippen LogP contribution in [0.25, 0.3) is 0 Å². The molecule has 0 aromatic carbocycles. The highest BCUT2D eigenvalue weighted by Gasteiger charge is 2.70. The number of ether oxygens (including phenoxy) is 2. The lowest BCUT2D eigenvalue weighted by molar-refractivity contribution is -0.196. The molecule has 4 atom stereocenters. The SMILES string of the molecule is O=C(O)[C@@H]1[C@H](C(=O)O)[C@H]2CC[C@@H]1C21OCCO1. The molecule has 6 heteroatoms. The third-order valence-electron chi connectivity index (χ3n) is 4.39. The minimum atomic E-state index is -1.05. The third-order valence-corrected chi connectivity index (χ3v) is 4.39. The van der Waals surface area contributed by atoms with E-state index in [4.69, 9.17) is 9.47 Å². The van der Waals surface area contributed by atoms with Crippen molar-refractivity contribution in [3.63, 3.8) is 0 Å². The van der Waals surface area contributed by atoms with E-state index >= 15 is 0 Å². The van der Waals surface area contributed by atoms with Crippen molar-refractivity contribution >= 4 is 11.9 Å². The van der Waals surface area contributed by atoms with E-state index in [1.165, 1.54) is 0 Å². The van der Waals surface area contributed by atoms with E-state index in [0.717, 1.165) is 0 Å². The van der Waals surface area contributed by atoms with Crippen molar-refractivity contribution < 1.29 is 29.3 Å². The summed E-state index contributed by atoms with van der Waals surface area (Å²) < 4.78 is 11.2. The number of carboxylic acids is 2. The van der Waals surface area contributed by atoms with E-state index < -0.39 is 29.6 Å². The Morgan fingerprint density at radius 2 is 1.35 bits per heavy atom. The van der Waals surface area contributed by atoms with Crippen LogP contribution in [0.2, 0.25) is 0 Å². The predicted molar refractivity (Wildman–Crippen MR) is 53.1 cm³/mol. The molecule has 1 spiro atoms. The molecule has 2 N–H and O–H groups in total. The molecule has 3 rings (SSSR count). The Bertz CT molecular complexity index is 342. The lowest BCUT2D eigenvalue weighted by Gasteiger charge is -2.27. The highest BCUT2D eigenvalue weighted by molar-refractivity contribution is 5.82. The van der Waals surface area contributed by atoms with Crippen molar-refractivity contribution in [1.29, 1.82) is 0 Å². The molecule has 17 heavy (non-hydrogen) atoms. The summed E-state index contributed by atoms with van der Waals surface area (Å²) in [5.41, 5.74) is 0. The maximum absolute atomic E-state index is 11.3. The van der Waals surface area contributed by atoms with Gasteiger partial charge in [0.2, 0.25) is 0 Å². The molecule has 2 aliphatic carbocycles. The number of carboxylic acid groups (broad SMARTS) is 2. The highest BCUT2D eigenvalue weighted by atomic mass is 16.7. The minimum Gasteiger partial charge on any atom is -0.481 e. The van der Waals surface area contributed by atoms with Gasteiger partial charge >= 0.3 is 11.9 Å². The highest BCUT2D eigenvalue weighted by Crippen LogP contribution is 2.61. The molecule has 1 saturated heterocycles. The van der Waals surface area contributed by atoms with Crippen molar-refractivity contribution in [1.82, 2.24) is 0 Å². The third kappa shape index (κ3) is 1.22. The summed E-state index contributed by atoms with van der Waals surface area (Å²) in [6.45, 7) is 0.845.